The molecule has 0 unspecified atom stereocenters. The van der Waals surface area contributed by atoms with Gasteiger partial charge in [0.1, 0.15) is 0 Å². The molecule has 4 heteroatoms. The van der Waals surface area contributed by atoms with Gasteiger partial charge in [-0.05, 0) is 18.2 Å². The number of hydrogen-bond acceptors (Lipinski definition) is 3. The standard InChI is InChI=1S/C13H8ClNO2/c1-17-13(16)10-4-2-3-9-11(14)6-5-8(7-15)12(9)10/h2-6H,1H3. The van der Waals surface area contributed by atoms with Gasteiger partial charge in [0.05, 0.1) is 24.3 Å². The Bertz CT molecular complexity index is 644. The number of hydrogen-bond donors (Lipinski definition) is 0. The zero-order valence-electron chi connectivity index (χ0n) is 9.03. The van der Waals surface area contributed by atoms with Crippen molar-refractivity contribution in [3.63, 3.8) is 0 Å². The Labute approximate surface area is 103 Å². The van der Waals surface area contributed by atoms with Crippen LogP contribution in [0.5, 0.6) is 0 Å². The summed E-state index contributed by atoms with van der Waals surface area (Å²) in [5.74, 6) is -0.477. The van der Waals surface area contributed by atoms with Gasteiger partial charge in [0, 0.05) is 15.8 Å². The molecule has 0 heterocycles. The van der Waals surface area contributed by atoms with E-state index in [2.05, 4.69) is 6.07 Å². The quantitative estimate of drug-likeness (QED) is 0.725. The maximum absolute atomic E-state index is 11.6. The highest BCUT2D eigenvalue weighted by Crippen LogP contribution is 2.29. The van der Waals surface area contributed by atoms with Gasteiger partial charge in [0.2, 0.25) is 0 Å². The second-order valence-electron chi connectivity index (χ2n) is 3.43. The number of nitrogens with zero attached hydrogens (tertiary/aromatic N) is 1. The number of carbonyl (C=O) groups excluding carboxylic acids is 1. The molecule has 0 spiro atoms. The lowest BCUT2D eigenvalue weighted by atomic mass is 10.00. The van der Waals surface area contributed by atoms with Crippen molar-refractivity contribution >= 4 is 28.3 Å². The van der Waals surface area contributed by atoms with E-state index in [1.54, 1.807) is 30.3 Å². The van der Waals surface area contributed by atoms with Crippen molar-refractivity contribution in [2.45, 2.75) is 0 Å². The Balaban J connectivity index is 2.92. The highest BCUT2D eigenvalue weighted by molar-refractivity contribution is 6.36. The van der Waals surface area contributed by atoms with Crippen LogP contribution in [0.25, 0.3) is 10.8 Å². The predicted octanol–water partition coefficient (Wildman–Crippen LogP) is 3.15. The Morgan fingerprint density at radius 1 is 1.35 bits per heavy atom. The molecule has 2 aromatic carbocycles. The molecule has 0 bridgehead atoms. The van der Waals surface area contributed by atoms with Gasteiger partial charge in [0.15, 0.2) is 0 Å². The lowest BCUT2D eigenvalue weighted by molar-refractivity contribution is 0.0603. The summed E-state index contributed by atoms with van der Waals surface area (Å²) in [7, 11) is 1.30. The number of benzene rings is 2. The topological polar surface area (TPSA) is 50.1 Å². The molecular formula is C13H8ClNO2. The van der Waals surface area contributed by atoms with E-state index in [1.165, 1.54) is 7.11 Å². The van der Waals surface area contributed by atoms with Crippen molar-refractivity contribution < 1.29 is 9.53 Å². The number of methoxy groups -OCH3 is 1. The zero-order valence-corrected chi connectivity index (χ0v) is 9.78. The average Bonchev–Trinajstić information content (AvgIpc) is 2.38. The molecule has 17 heavy (non-hydrogen) atoms. The van der Waals surface area contributed by atoms with E-state index in [0.29, 0.717) is 26.9 Å². The first kappa shape index (κ1) is 11.4. The van der Waals surface area contributed by atoms with Gasteiger partial charge in [-0.2, -0.15) is 5.26 Å². The average molecular weight is 246 g/mol. The molecule has 0 aliphatic carbocycles. The number of rotatable bonds is 1. The molecule has 0 atom stereocenters. The third kappa shape index (κ3) is 1.83. The molecule has 3 nitrogen and oxygen atoms in total. The van der Waals surface area contributed by atoms with Crippen LogP contribution in [0.15, 0.2) is 30.3 Å². The molecule has 0 radical (unpaired) electrons. The van der Waals surface area contributed by atoms with Crippen molar-refractivity contribution in [1.29, 1.82) is 5.26 Å². The summed E-state index contributed by atoms with van der Waals surface area (Å²) in [5, 5.41) is 10.8. The van der Waals surface area contributed by atoms with Crippen molar-refractivity contribution in [2.75, 3.05) is 7.11 Å². The van der Waals surface area contributed by atoms with Gasteiger partial charge >= 0.3 is 5.97 Å². The normalized spacial score (nSPS) is 9.94. The van der Waals surface area contributed by atoms with Crippen molar-refractivity contribution in [1.82, 2.24) is 0 Å². The molecule has 0 aliphatic rings. The van der Waals surface area contributed by atoms with Crippen LogP contribution in [0, 0.1) is 11.3 Å². The van der Waals surface area contributed by atoms with Crippen LogP contribution in [0.4, 0.5) is 0 Å². The monoisotopic (exact) mass is 245 g/mol. The molecule has 0 aromatic heterocycles. The van der Waals surface area contributed by atoms with Gasteiger partial charge in [-0.25, -0.2) is 4.79 Å². The van der Waals surface area contributed by atoms with Gasteiger partial charge < -0.3 is 4.74 Å². The van der Waals surface area contributed by atoms with E-state index < -0.39 is 5.97 Å². The first-order valence-electron chi connectivity index (χ1n) is 4.88. The fourth-order valence-corrected chi connectivity index (χ4v) is 1.96. The summed E-state index contributed by atoms with van der Waals surface area (Å²) in [6.45, 7) is 0. The zero-order chi connectivity index (χ0) is 12.4. The van der Waals surface area contributed by atoms with Crippen molar-refractivity contribution in [2.24, 2.45) is 0 Å². The van der Waals surface area contributed by atoms with E-state index in [-0.39, 0.29) is 0 Å². The SMILES string of the molecule is COC(=O)c1cccc2c(Cl)ccc(C#N)c12. The molecule has 0 N–H and O–H groups in total. The third-order valence-corrected chi connectivity index (χ3v) is 2.84. The molecule has 0 aliphatic heterocycles. The lowest BCUT2D eigenvalue weighted by Gasteiger charge is -2.07. The van der Waals surface area contributed by atoms with Crippen molar-refractivity contribution in [3.8, 4) is 6.07 Å². The van der Waals surface area contributed by atoms with Gasteiger partial charge in [-0.3, -0.25) is 0 Å². The number of ether oxygens (including phenoxy) is 1. The lowest BCUT2D eigenvalue weighted by Crippen LogP contribution is -2.03. The van der Waals surface area contributed by atoms with Crippen LogP contribution in [-0.2, 0) is 4.74 Å². The van der Waals surface area contributed by atoms with E-state index in [9.17, 15) is 4.79 Å². The second-order valence-corrected chi connectivity index (χ2v) is 3.83. The Morgan fingerprint density at radius 2 is 2.12 bits per heavy atom. The molecule has 84 valence electrons. The van der Waals surface area contributed by atoms with Crippen LogP contribution in [0.3, 0.4) is 0 Å². The molecule has 2 rings (SSSR count). The highest BCUT2D eigenvalue weighted by Gasteiger charge is 2.14. The van der Waals surface area contributed by atoms with E-state index >= 15 is 0 Å². The predicted molar refractivity (Wildman–Crippen MR) is 65.0 cm³/mol. The smallest absolute Gasteiger partial charge is 0.338 e. The van der Waals surface area contributed by atoms with Crippen LogP contribution in [-0.4, -0.2) is 13.1 Å². The van der Waals surface area contributed by atoms with Crippen LogP contribution < -0.4 is 0 Å². The van der Waals surface area contributed by atoms with Gasteiger partial charge in [-0.1, -0.05) is 23.7 Å². The van der Waals surface area contributed by atoms with Crippen molar-refractivity contribution in [3.05, 3.63) is 46.5 Å². The number of esters is 1. The van der Waals surface area contributed by atoms with E-state index in [4.69, 9.17) is 21.6 Å². The Hall–Kier alpha value is -2.05. The summed E-state index contributed by atoms with van der Waals surface area (Å²) < 4.78 is 4.69. The summed E-state index contributed by atoms with van der Waals surface area (Å²) in [5.41, 5.74) is 0.759. The summed E-state index contributed by atoms with van der Waals surface area (Å²) >= 11 is 6.04. The summed E-state index contributed by atoms with van der Waals surface area (Å²) in [6, 6.07) is 10.4. The first-order valence-corrected chi connectivity index (χ1v) is 5.26. The van der Waals surface area contributed by atoms with E-state index in [0.717, 1.165) is 0 Å². The molecular weight excluding hydrogens is 238 g/mol. The molecule has 2 aromatic rings. The molecule has 0 saturated carbocycles. The number of fused-ring (bicyclic) bond motifs is 1. The van der Waals surface area contributed by atoms with Crippen LogP contribution >= 0.6 is 11.6 Å². The fourth-order valence-electron chi connectivity index (χ4n) is 1.74. The summed E-state index contributed by atoms with van der Waals surface area (Å²) in [4.78, 5) is 11.6. The van der Waals surface area contributed by atoms with Gasteiger partial charge in [-0.15, -0.1) is 0 Å². The Kier molecular flexibility index (Phi) is 2.99. The first-order chi connectivity index (χ1) is 8.19. The number of carbonyl (C=O) groups is 1. The molecule has 0 saturated heterocycles. The Morgan fingerprint density at radius 3 is 2.76 bits per heavy atom. The van der Waals surface area contributed by atoms with Gasteiger partial charge in [0.25, 0.3) is 0 Å². The second kappa shape index (κ2) is 4.44. The number of nitriles is 1. The molecule has 0 amide bonds. The minimum absolute atomic E-state index is 0.351. The number of halogens is 1. The minimum atomic E-state index is -0.477. The third-order valence-electron chi connectivity index (χ3n) is 2.51. The fraction of sp³-hybridized carbons (Fsp3) is 0.0769. The minimum Gasteiger partial charge on any atom is -0.465 e. The maximum atomic E-state index is 11.6. The molecule has 0 fully saturated rings. The summed E-state index contributed by atoms with van der Waals surface area (Å²) in [6.07, 6.45) is 0. The highest BCUT2D eigenvalue weighted by atomic mass is 35.5. The van der Waals surface area contributed by atoms with Crippen LogP contribution in [0.2, 0.25) is 5.02 Å². The van der Waals surface area contributed by atoms with E-state index in [1.807, 2.05) is 0 Å². The largest absolute Gasteiger partial charge is 0.465 e. The van der Waals surface area contributed by atoms with Crippen LogP contribution in [0.1, 0.15) is 15.9 Å². The maximum Gasteiger partial charge on any atom is 0.338 e.